The van der Waals surface area contributed by atoms with Crippen LogP contribution in [-0.2, 0) is 11.8 Å². The van der Waals surface area contributed by atoms with Crippen molar-refractivity contribution in [3.8, 4) is 0 Å². The minimum atomic E-state index is 0.208. The number of benzene rings is 2. The summed E-state index contributed by atoms with van der Waals surface area (Å²) in [5.41, 5.74) is 3.36. The van der Waals surface area contributed by atoms with Crippen LogP contribution in [0.4, 0.5) is 0 Å². The van der Waals surface area contributed by atoms with E-state index < -0.39 is 0 Å². The molecule has 0 saturated heterocycles. The van der Waals surface area contributed by atoms with Crippen LogP contribution in [0.1, 0.15) is 45.2 Å². The van der Waals surface area contributed by atoms with Gasteiger partial charge < -0.3 is 0 Å². The molecule has 0 nitrogen and oxygen atoms in total. The summed E-state index contributed by atoms with van der Waals surface area (Å²) in [4.78, 5) is 0. The van der Waals surface area contributed by atoms with Crippen molar-refractivity contribution in [2.75, 3.05) is 0 Å². The molecule has 0 aliphatic heterocycles. The van der Waals surface area contributed by atoms with Gasteiger partial charge in [-0.1, -0.05) is 88.4 Å². The average Bonchev–Trinajstić information content (AvgIpc) is 2.39. The monoisotopic (exact) mass is 266 g/mol. The Hall–Kier alpha value is -1.56. The van der Waals surface area contributed by atoms with Gasteiger partial charge in [-0.2, -0.15) is 0 Å². The third-order valence-corrected chi connectivity index (χ3v) is 4.00. The largest absolute Gasteiger partial charge is 0.0622 e. The Bertz CT molecular complexity index is 520. The molecule has 0 atom stereocenters. The minimum Gasteiger partial charge on any atom is -0.0622 e. The molecule has 0 bridgehead atoms. The molecular weight excluding hydrogens is 240 g/mol. The molecule has 0 amide bonds. The Labute approximate surface area is 123 Å². The van der Waals surface area contributed by atoms with Crippen molar-refractivity contribution in [1.82, 2.24) is 0 Å². The van der Waals surface area contributed by atoms with E-state index in [9.17, 15) is 0 Å². The summed E-state index contributed by atoms with van der Waals surface area (Å²) in [5, 5.41) is 0. The Balaban J connectivity index is 2.11. The molecule has 0 spiro atoms. The Morgan fingerprint density at radius 2 is 1.20 bits per heavy atom. The lowest BCUT2D eigenvalue weighted by molar-refractivity contribution is 0.255. The molecule has 0 N–H and O–H groups in total. The highest BCUT2D eigenvalue weighted by Gasteiger charge is 2.30. The summed E-state index contributed by atoms with van der Waals surface area (Å²) >= 11 is 0. The van der Waals surface area contributed by atoms with Crippen LogP contribution in [0, 0.1) is 5.41 Å². The molecule has 0 aliphatic rings. The van der Waals surface area contributed by atoms with E-state index in [1.54, 1.807) is 0 Å². The van der Waals surface area contributed by atoms with Gasteiger partial charge >= 0.3 is 0 Å². The van der Waals surface area contributed by atoms with Crippen LogP contribution in [0.5, 0.6) is 0 Å². The second kappa shape index (κ2) is 5.83. The number of hydrogen-bond donors (Lipinski definition) is 0. The first-order chi connectivity index (χ1) is 9.39. The Kier molecular flexibility index (Phi) is 4.32. The zero-order chi connectivity index (χ0) is 14.6. The zero-order valence-electron chi connectivity index (χ0n) is 13.2. The van der Waals surface area contributed by atoms with E-state index in [1.165, 1.54) is 17.5 Å². The second-order valence-electron chi connectivity index (χ2n) is 7.25. The van der Waals surface area contributed by atoms with Crippen molar-refractivity contribution in [1.29, 1.82) is 0 Å². The van der Waals surface area contributed by atoms with E-state index >= 15 is 0 Å². The quantitative estimate of drug-likeness (QED) is 0.658. The van der Waals surface area contributed by atoms with Gasteiger partial charge in [-0.05, 0) is 34.8 Å². The predicted molar refractivity (Wildman–Crippen MR) is 88.0 cm³/mol. The number of hydrogen-bond acceptors (Lipinski definition) is 0. The number of rotatable bonds is 5. The maximum Gasteiger partial charge on any atom is -0.00984 e. The van der Waals surface area contributed by atoms with Crippen LogP contribution in [-0.4, -0.2) is 0 Å². The van der Waals surface area contributed by atoms with Crippen LogP contribution in [0.25, 0.3) is 0 Å². The van der Waals surface area contributed by atoms with Gasteiger partial charge in [0.2, 0.25) is 0 Å². The lowest BCUT2D eigenvalue weighted by Gasteiger charge is -2.35. The molecule has 2 rings (SSSR count). The van der Waals surface area contributed by atoms with E-state index in [1.807, 2.05) is 0 Å². The smallest absolute Gasteiger partial charge is 0.00984 e. The fraction of sp³-hybridized carbons (Fsp3) is 0.400. The summed E-state index contributed by atoms with van der Waals surface area (Å²) in [5.74, 6) is 0. The first-order valence-electron chi connectivity index (χ1n) is 7.49. The van der Waals surface area contributed by atoms with Gasteiger partial charge in [0.25, 0.3) is 0 Å². The molecule has 0 aliphatic carbocycles. The first-order valence-corrected chi connectivity index (χ1v) is 7.49. The SMILES string of the molecule is CC(C)(Cc1ccccc1)CC(C)(C)c1ccccc1. The summed E-state index contributed by atoms with van der Waals surface area (Å²) in [6.07, 6.45) is 2.31. The van der Waals surface area contributed by atoms with Gasteiger partial charge in [0, 0.05) is 0 Å². The molecule has 0 aromatic heterocycles. The van der Waals surface area contributed by atoms with Crippen LogP contribution < -0.4 is 0 Å². The highest BCUT2D eigenvalue weighted by molar-refractivity contribution is 5.24. The fourth-order valence-electron chi connectivity index (χ4n) is 3.40. The van der Waals surface area contributed by atoms with Crippen molar-refractivity contribution in [3.05, 3.63) is 71.8 Å². The summed E-state index contributed by atoms with van der Waals surface area (Å²) in [6, 6.07) is 21.7. The second-order valence-corrected chi connectivity index (χ2v) is 7.25. The van der Waals surface area contributed by atoms with Gasteiger partial charge in [0.05, 0.1) is 0 Å². The lowest BCUT2D eigenvalue weighted by Crippen LogP contribution is -2.28. The van der Waals surface area contributed by atoms with E-state index in [4.69, 9.17) is 0 Å². The van der Waals surface area contributed by atoms with Crippen molar-refractivity contribution in [3.63, 3.8) is 0 Å². The Morgan fingerprint density at radius 1 is 0.700 bits per heavy atom. The highest BCUT2D eigenvalue weighted by atomic mass is 14.3. The third kappa shape index (κ3) is 3.96. The molecule has 20 heavy (non-hydrogen) atoms. The van der Waals surface area contributed by atoms with Crippen molar-refractivity contribution >= 4 is 0 Å². The molecular formula is C20H26. The third-order valence-electron chi connectivity index (χ3n) is 4.00. The summed E-state index contributed by atoms with van der Waals surface area (Å²) in [7, 11) is 0. The molecule has 0 radical (unpaired) electrons. The van der Waals surface area contributed by atoms with Gasteiger partial charge in [-0.15, -0.1) is 0 Å². The van der Waals surface area contributed by atoms with Crippen LogP contribution >= 0.6 is 0 Å². The van der Waals surface area contributed by atoms with Gasteiger partial charge in [0.15, 0.2) is 0 Å². The fourth-order valence-corrected chi connectivity index (χ4v) is 3.40. The summed E-state index contributed by atoms with van der Waals surface area (Å²) < 4.78 is 0. The van der Waals surface area contributed by atoms with Crippen LogP contribution in [0.15, 0.2) is 60.7 Å². The molecule has 0 saturated carbocycles. The molecule has 0 heteroatoms. The summed E-state index contributed by atoms with van der Waals surface area (Å²) in [6.45, 7) is 9.47. The first kappa shape index (κ1) is 14.8. The van der Waals surface area contributed by atoms with Crippen molar-refractivity contribution < 1.29 is 0 Å². The molecule has 0 heterocycles. The van der Waals surface area contributed by atoms with Crippen molar-refractivity contribution in [2.45, 2.75) is 46.0 Å². The van der Waals surface area contributed by atoms with Crippen LogP contribution in [0.3, 0.4) is 0 Å². The van der Waals surface area contributed by atoms with E-state index in [2.05, 4.69) is 88.4 Å². The van der Waals surface area contributed by atoms with Gasteiger partial charge in [0.1, 0.15) is 0 Å². The maximum absolute atomic E-state index is 2.38. The van der Waals surface area contributed by atoms with E-state index in [0.29, 0.717) is 5.41 Å². The minimum absolute atomic E-state index is 0.208. The molecule has 0 fully saturated rings. The van der Waals surface area contributed by atoms with Crippen LogP contribution in [0.2, 0.25) is 0 Å². The normalized spacial score (nSPS) is 12.4. The van der Waals surface area contributed by atoms with E-state index in [0.717, 1.165) is 6.42 Å². The predicted octanol–water partition coefficient (Wildman–Crippen LogP) is 5.62. The Morgan fingerprint density at radius 3 is 1.75 bits per heavy atom. The van der Waals surface area contributed by atoms with Crippen molar-refractivity contribution in [2.24, 2.45) is 5.41 Å². The maximum atomic E-state index is 2.38. The van der Waals surface area contributed by atoms with Gasteiger partial charge in [-0.3, -0.25) is 0 Å². The molecule has 0 unspecified atom stereocenters. The zero-order valence-corrected chi connectivity index (χ0v) is 13.2. The average molecular weight is 266 g/mol. The lowest BCUT2D eigenvalue weighted by atomic mass is 9.69. The molecule has 106 valence electrons. The molecule has 2 aromatic rings. The van der Waals surface area contributed by atoms with Gasteiger partial charge in [-0.25, -0.2) is 0 Å². The molecule has 2 aromatic carbocycles. The topological polar surface area (TPSA) is 0 Å². The highest BCUT2D eigenvalue weighted by Crippen LogP contribution is 2.38. The standard InChI is InChI=1S/C20H26/c1-19(2,15-17-11-7-5-8-12-17)16-20(3,4)18-13-9-6-10-14-18/h5-14H,15-16H2,1-4H3. The van der Waals surface area contributed by atoms with E-state index in [-0.39, 0.29) is 5.41 Å².